The third-order valence-corrected chi connectivity index (χ3v) is 17.9. The van der Waals surface area contributed by atoms with Crippen LogP contribution in [0.25, 0.3) is 0 Å². The molecule has 2 saturated carbocycles. The molecule has 0 bridgehead atoms. The van der Waals surface area contributed by atoms with Crippen molar-refractivity contribution < 1.29 is 4.74 Å². The number of fused-ring (bicyclic) bond motifs is 2. The van der Waals surface area contributed by atoms with Crippen molar-refractivity contribution in [1.29, 1.82) is 10.5 Å². The number of benzene rings is 3. The average molecular weight is 883 g/mol. The van der Waals surface area contributed by atoms with Gasteiger partial charge in [-0.3, -0.25) is 0 Å². The summed E-state index contributed by atoms with van der Waals surface area (Å²) >= 11 is 0. The van der Waals surface area contributed by atoms with Gasteiger partial charge in [-0.2, -0.15) is 10.5 Å². The number of nitrogens with zero attached hydrogens (tertiary/aromatic N) is 6. The van der Waals surface area contributed by atoms with E-state index in [0.717, 1.165) is 63.4 Å². The molecule has 6 heterocycles. The maximum Gasteiger partial charge on any atom is 0.140 e. The average Bonchev–Trinajstić information content (AvgIpc) is 4.19. The maximum absolute atomic E-state index is 9.17. The molecule has 0 radical (unpaired) electrons. The first kappa shape index (κ1) is 43.8. The summed E-state index contributed by atoms with van der Waals surface area (Å²) in [5, 5.41) is 27.0. The Balaban J connectivity index is 0.762. The molecular weight excluding hydrogens is 813 g/mol. The molecule has 9 heteroatoms. The Hall–Kier alpha value is -4.77. The van der Waals surface area contributed by atoms with E-state index in [0.29, 0.717) is 53.4 Å². The van der Waals surface area contributed by atoms with Crippen LogP contribution >= 0.6 is 0 Å². The molecule has 0 amide bonds. The number of rotatable bonds is 13. The van der Waals surface area contributed by atoms with Gasteiger partial charge in [0.2, 0.25) is 0 Å². The number of likely N-dealkylation sites (tertiary alicyclic amines) is 2. The first-order chi connectivity index (χ1) is 32.5. The molecule has 5 aliphatic heterocycles. The van der Waals surface area contributed by atoms with Crippen molar-refractivity contribution in [1.82, 2.24) is 25.4 Å². The summed E-state index contributed by atoms with van der Waals surface area (Å²) in [6.07, 6.45) is 18.2. The monoisotopic (exact) mass is 883 g/mol. The van der Waals surface area contributed by atoms with Crippen molar-refractivity contribution in [2.24, 2.45) is 29.6 Å². The van der Waals surface area contributed by atoms with E-state index in [1.807, 2.05) is 42.6 Å². The minimum Gasteiger partial charge on any atom is -0.494 e. The highest BCUT2D eigenvalue weighted by Crippen LogP contribution is 2.55. The maximum atomic E-state index is 9.17. The Morgan fingerprint density at radius 2 is 1.41 bits per heavy atom. The number of hydrogen-bond donors (Lipinski definition) is 2. The van der Waals surface area contributed by atoms with Crippen LogP contribution in [0.3, 0.4) is 0 Å². The number of nitriles is 2. The van der Waals surface area contributed by atoms with Crippen LogP contribution < -0.4 is 20.3 Å². The molecule has 5 unspecified atom stereocenters. The molecule has 11 rings (SSSR count). The van der Waals surface area contributed by atoms with E-state index in [-0.39, 0.29) is 11.1 Å². The summed E-state index contributed by atoms with van der Waals surface area (Å²) in [4.78, 5) is 12.2. The van der Waals surface area contributed by atoms with E-state index >= 15 is 0 Å². The van der Waals surface area contributed by atoms with E-state index in [1.165, 1.54) is 96.9 Å². The largest absolute Gasteiger partial charge is 0.494 e. The summed E-state index contributed by atoms with van der Waals surface area (Å²) in [6.45, 7) is 12.0. The van der Waals surface area contributed by atoms with Crippen LogP contribution in [0.15, 0.2) is 85.1 Å². The smallest absolute Gasteiger partial charge is 0.140 e. The van der Waals surface area contributed by atoms with Gasteiger partial charge in [-0.25, -0.2) is 4.98 Å². The fourth-order valence-electron chi connectivity index (χ4n) is 14.8. The topological polar surface area (TPSA) is 103 Å². The van der Waals surface area contributed by atoms with Crippen LogP contribution in [0.2, 0.25) is 0 Å². The predicted octanol–water partition coefficient (Wildman–Crippen LogP) is 8.92. The molecule has 66 heavy (non-hydrogen) atoms. The minimum atomic E-state index is 0.0470. The second-order valence-corrected chi connectivity index (χ2v) is 21.3. The number of anilines is 1. The Morgan fingerprint density at radius 1 is 0.682 bits per heavy atom. The molecule has 0 spiro atoms. The van der Waals surface area contributed by atoms with Gasteiger partial charge in [0, 0.05) is 57.3 Å². The zero-order valence-electron chi connectivity index (χ0n) is 39.1. The number of aromatic nitrogens is 1. The number of piperidine rings is 1. The van der Waals surface area contributed by atoms with Crippen molar-refractivity contribution in [3.63, 3.8) is 0 Å². The van der Waals surface area contributed by atoms with Crippen molar-refractivity contribution >= 4 is 5.69 Å². The van der Waals surface area contributed by atoms with Crippen LogP contribution in [-0.2, 0) is 23.9 Å². The lowest BCUT2D eigenvalue weighted by Crippen LogP contribution is -2.59. The van der Waals surface area contributed by atoms with Crippen LogP contribution in [0.1, 0.15) is 116 Å². The van der Waals surface area contributed by atoms with Crippen LogP contribution in [0.5, 0.6) is 5.75 Å². The lowest BCUT2D eigenvalue weighted by molar-refractivity contribution is 0.0487. The molecule has 4 aromatic rings. The van der Waals surface area contributed by atoms with Gasteiger partial charge in [0.05, 0.1) is 35.7 Å². The first-order valence-electron chi connectivity index (χ1n) is 25.9. The zero-order valence-corrected chi connectivity index (χ0v) is 39.1. The molecule has 344 valence electrons. The number of hydrogen-bond acceptors (Lipinski definition) is 9. The molecule has 5 atom stereocenters. The van der Waals surface area contributed by atoms with Gasteiger partial charge in [0.1, 0.15) is 17.5 Å². The van der Waals surface area contributed by atoms with Gasteiger partial charge >= 0.3 is 0 Å². The van der Waals surface area contributed by atoms with E-state index in [4.69, 9.17) is 15.3 Å². The predicted molar refractivity (Wildman–Crippen MR) is 261 cm³/mol. The van der Waals surface area contributed by atoms with E-state index in [9.17, 15) is 0 Å². The Morgan fingerprint density at radius 3 is 2.18 bits per heavy atom. The van der Waals surface area contributed by atoms with Crippen LogP contribution in [-0.4, -0.2) is 86.8 Å². The van der Waals surface area contributed by atoms with Gasteiger partial charge in [0.15, 0.2) is 0 Å². The highest BCUT2D eigenvalue weighted by Gasteiger charge is 2.53. The van der Waals surface area contributed by atoms with Crippen LogP contribution in [0, 0.1) is 52.3 Å². The molecular formula is C57H70N8O. The molecule has 2 aliphatic carbocycles. The number of nitrogens with one attached hydrogen (secondary N) is 2. The van der Waals surface area contributed by atoms with Gasteiger partial charge in [-0.05, 0) is 184 Å². The second kappa shape index (κ2) is 19.1. The minimum absolute atomic E-state index is 0.0470. The summed E-state index contributed by atoms with van der Waals surface area (Å²) in [6, 6.07) is 33.2. The Bertz CT molecular complexity index is 2390. The molecule has 9 nitrogen and oxygen atoms in total. The number of ether oxygens (including phenoxy) is 1. The zero-order chi connectivity index (χ0) is 44.5. The van der Waals surface area contributed by atoms with Gasteiger partial charge in [0.25, 0.3) is 0 Å². The SMILES string of the molecule is N#Cc1ccc(OCCCN2CCC(C3(C4CCCC4)NCCc4cc(C5CCC(C6(C7CCN(CC8CN(c9ccc(C#N)nc9)C8)CC7)NCCc7ccccc76)C5)ccc43)C2)cc1. The molecule has 7 aliphatic rings. The first-order valence-corrected chi connectivity index (χ1v) is 25.9. The normalized spacial score (nSPS) is 28.6. The highest BCUT2D eigenvalue weighted by molar-refractivity contribution is 5.49. The van der Waals surface area contributed by atoms with E-state index in [2.05, 4.69) is 84.9 Å². The summed E-state index contributed by atoms with van der Waals surface area (Å²) < 4.78 is 6.08. The van der Waals surface area contributed by atoms with Crippen molar-refractivity contribution in [2.45, 2.75) is 100 Å². The van der Waals surface area contributed by atoms with Gasteiger partial charge < -0.3 is 30.1 Å². The Labute approximate surface area is 393 Å². The lowest BCUT2D eigenvalue weighted by Gasteiger charge is -2.53. The fraction of sp³-hybridized carbons (Fsp3) is 0.561. The summed E-state index contributed by atoms with van der Waals surface area (Å²) in [7, 11) is 0. The fourth-order valence-corrected chi connectivity index (χ4v) is 14.8. The second-order valence-electron chi connectivity index (χ2n) is 21.3. The molecule has 3 saturated heterocycles. The third-order valence-electron chi connectivity index (χ3n) is 17.9. The summed E-state index contributed by atoms with van der Waals surface area (Å²) in [5.74, 6) is 4.77. The van der Waals surface area contributed by atoms with Crippen molar-refractivity contribution in [2.75, 3.05) is 77.0 Å². The highest BCUT2D eigenvalue weighted by atomic mass is 16.5. The lowest BCUT2D eigenvalue weighted by atomic mass is 9.62. The Kier molecular flexibility index (Phi) is 12.7. The molecule has 3 aromatic carbocycles. The quantitative estimate of drug-likeness (QED) is 0.128. The summed E-state index contributed by atoms with van der Waals surface area (Å²) in [5.41, 5.74) is 10.5. The van der Waals surface area contributed by atoms with Gasteiger partial charge in [-0.15, -0.1) is 0 Å². The van der Waals surface area contributed by atoms with Crippen LogP contribution in [0.4, 0.5) is 5.69 Å². The van der Waals surface area contributed by atoms with E-state index < -0.39 is 0 Å². The standard InChI is InChI=1S/C57H70N8O/c58-34-41-10-17-53(18-11-41)66-31-5-27-63-30-24-50(40-63)57(47-7-2-3-8-47)55-19-13-44(32-46(55)21-26-62-57)45-12-14-49(33-45)56(54-9-4-1-6-43(54)20-25-61-56)48-22-28-64(29-23-48)37-42-38-65(39-42)52-16-15-51(35-59)60-36-52/h1,4,6,9-11,13,15-19,32,36,42,45,47-50,61-62H,2-3,5,7-8,12,14,20-31,33,37-40H2. The molecule has 2 N–H and O–H groups in total. The van der Waals surface area contributed by atoms with Crippen molar-refractivity contribution in [3.05, 3.63) is 124 Å². The molecule has 1 aromatic heterocycles. The van der Waals surface area contributed by atoms with Crippen molar-refractivity contribution in [3.8, 4) is 17.9 Å². The third kappa shape index (κ3) is 8.33. The number of pyridine rings is 1. The van der Waals surface area contributed by atoms with E-state index in [1.54, 1.807) is 27.8 Å². The molecule has 5 fully saturated rings. The van der Waals surface area contributed by atoms with Gasteiger partial charge in [-0.1, -0.05) is 55.3 Å².